The zero-order valence-corrected chi connectivity index (χ0v) is 11.6. The highest BCUT2D eigenvalue weighted by Gasteiger charge is 2.12. The molecule has 20 heavy (non-hydrogen) atoms. The smallest absolute Gasteiger partial charge is 0.0778 e. The van der Waals surface area contributed by atoms with Gasteiger partial charge in [-0.3, -0.25) is 0 Å². The predicted molar refractivity (Wildman–Crippen MR) is 74.9 cm³/mol. The molecule has 2 N–H and O–H groups in total. The maximum Gasteiger partial charge on any atom is 0.0778 e. The molecule has 0 spiro atoms. The molecule has 6 nitrogen and oxygen atoms in total. The molecule has 0 bridgehead atoms. The molecule has 0 saturated carbocycles. The highest BCUT2D eigenvalue weighted by Crippen LogP contribution is 2.08. The summed E-state index contributed by atoms with van der Waals surface area (Å²) in [5.74, 6) is 0. The number of methoxy groups -OCH3 is 1. The number of rotatable bonds is 8. The molecule has 108 valence electrons. The van der Waals surface area contributed by atoms with E-state index in [1.807, 2.05) is 30.3 Å². The van der Waals surface area contributed by atoms with Gasteiger partial charge in [-0.25, -0.2) is 4.68 Å². The summed E-state index contributed by atoms with van der Waals surface area (Å²) in [7, 11) is 1.62. The van der Waals surface area contributed by atoms with Crippen molar-refractivity contribution in [3.05, 3.63) is 47.8 Å². The average Bonchev–Trinajstić information content (AvgIpc) is 2.93. The molecule has 2 rings (SSSR count). The zero-order valence-electron chi connectivity index (χ0n) is 11.6. The lowest BCUT2D eigenvalue weighted by molar-refractivity contribution is 0.108. The van der Waals surface area contributed by atoms with Crippen LogP contribution in [0.15, 0.2) is 36.5 Å². The Labute approximate surface area is 118 Å². The minimum atomic E-state index is -0.218. The molecule has 0 aliphatic carbocycles. The van der Waals surface area contributed by atoms with Gasteiger partial charge in [-0.15, -0.1) is 5.10 Å². The first kappa shape index (κ1) is 14.6. The summed E-state index contributed by atoms with van der Waals surface area (Å²) in [6.45, 7) is 2.22. The van der Waals surface area contributed by atoms with E-state index in [0.29, 0.717) is 26.4 Å². The lowest BCUT2D eigenvalue weighted by atomic mass is 10.2. The van der Waals surface area contributed by atoms with E-state index < -0.39 is 0 Å². The Hall–Kier alpha value is -1.76. The third-order valence-electron chi connectivity index (χ3n) is 2.93. The summed E-state index contributed by atoms with van der Waals surface area (Å²) >= 11 is 0. The van der Waals surface area contributed by atoms with Crippen molar-refractivity contribution < 1.29 is 9.47 Å². The summed E-state index contributed by atoms with van der Waals surface area (Å²) in [6, 6.07) is 9.84. The van der Waals surface area contributed by atoms with E-state index in [-0.39, 0.29) is 6.04 Å². The number of hydrogen-bond donors (Lipinski definition) is 1. The number of benzene rings is 1. The van der Waals surface area contributed by atoms with Crippen molar-refractivity contribution in [2.75, 3.05) is 20.3 Å². The molecule has 1 aromatic heterocycles. The van der Waals surface area contributed by atoms with Crippen LogP contribution < -0.4 is 5.73 Å². The fourth-order valence-electron chi connectivity index (χ4n) is 1.91. The van der Waals surface area contributed by atoms with Crippen LogP contribution in [0.5, 0.6) is 0 Å². The van der Waals surface area contributed by atoms with Crippen LogP contribution in [0.4, 0.5) is 0 Å². The molecule has 0 amide bonds. The first-order valence-corrected chi connectivity index (χ1v) is 6.56. The molecular formula is C14H20N4O2. The average molecular weight is 276 g/mol. The van der Waals surface area contributed by atoms with Gasteiger partial charge in [0.1, 0.15) is 0 Å². The Kier molecular flexibility index (Phi) is 5.67. The van der Waals surface area contributed by atoms with Crippen LogP contribution >= 0.6 is 0 Å². The van der Waals surface area contributed by atoms with Gasteiger partial charge in [0.15, 0.2) is 0 Å². The van der Waals surface area contributed by atoms with Crippen molar-refractivity contribution in [2.24, 2.45) is 5.73 Å². The second-order valence-corrected chi connectivity index (χ2v) is 4.48. The number of nitrogens with two attached hydrogens (primary N) is 1. The number of ether oxygens (including phenoxy) is 2. The molecule has 1 unspecified atom stereocenters. The second-order valence-electron chi connectivity index (χ2n) is 4.48. The van der Waals surface area contributed by atoms with Gasteiger partial charge in [-0.2, -0.15) is 0 Å². The monoisotopic (exact) mass is 276 g/mol. The molecule has 6 heteroatoms. The van der Waals surface area contributed by atoms with E-state index in [9.17, 15) is 0 Å². The molecular weight excluding hydrogens is 256 g/mol. The van der Waals surface area contributed by atoms with Gasteiger partial charge in [0, 0.05) is 7.11 Å². The third kappa shape index (κ3) is 4.12. The Morgan fingerprint density at radius 2 is 2.10 bits per heavy atom. The molecule has 0 aliphatic heterocycles. The van der Waals surface area contributed by atoms with Crippen LogP contribution in [-0.4, -0.2) is 35.3 Å². The van der Waals surface area contributed by atoms with Gasteiger partial charge in [-0.05, 0) is 5.56 Å². The SMILES string of the molecule is COCC(N)c1cnnn1CCOCc1ccccc1. The molecule has 0 aliphatic rings. The minimum Gasteiger partial charge on any atom is -0.383 e. The van der Waals surface area contributed by atoms with Crippen LogP contribution in [0.25, 0.3) is 0 Å². The summed E-state index contributed by atoms with van der Waals surface area (Å²) in [6.07, 6.45) is 1.67. The standard InChI is InChI=1S/C14H20N4O2/c1-19-11-13(15)14-9-16-17-18(14)7-8-20-10-12-5-3-2-4-6-12/h2-6,9,13H,7-8,10-11,15H2,1H3. The maximum absolute atomic E-state index is 5.98. The van der Waals surface area contributed by atoms with Gasteiger partial charge >= 0.3 is 0 Å². The van der Waals surface area contributed by atoms with E-state index in [4.69, 9.17) is 15.2 Å². The second kappa shape index (κ2) is 7.74. The van der Waals surface area contributed by atoms with E-state index in [1.165, 1.54) is 0 Å². The summed E-state index contributed by atoms with van der Waals surface area (Å²) in [4.78, 5) is 0. The lowest BCUT2D eigenvalue weighted by Gasteiger charge is -2.12. The van der Waals surface area contributed by atoms with Crippen LogP contribution in [0.2, 0.25) is 0 Å². The Morgan fingerprint density at radius 1 is 1.30 bits per heavy atom. The van der Waals surface area contributed by atoms with Crippen LogP contribution in [-0.2, 0) is 22.6 Å². The van der Waals surface area contributed by atoms with E-state index >= 15 is 0 Å². The fourth-order valence-corrected chi connectivity index (χ4v) is 1.91. The normalized spacial score (nSPS) is 12.5. The quantitative estimate of drug-likeness (QED) is 0.732. The molecule has 1 aromatic carbocycles. The topological polar surface area (TPSA) is 75.2 Å². The van der Waals surface area contributed by atoms with Gasteiger partial charge in [0.05, 0.1) is 44.3 Å². The van der Waals surface area contributed by atoms with Crippen molar-refractivity contribution >= 4 is 0 Å². The molecule has 1 atom stereocenters. The van der Waals surface area contributed by atoms with Crippen molar-refractivity contribution in [1.82, 2.24) is 15.0 Å². The maximum atomic E-state index is 5.98. The highest BCUT2D eigenvalue weighted by molar-refractivity contribution is 5.13. The van der Waals surface area contributed by atoms with Gasteiger partial charge in [0.25, 0.3) is 0 Å². The minimum absolute atomic E-state index is 0.218. The molecule has 2 aromatic rings. The summed E-state index contributed by atoms with van der Waals surface area (Å²) in [5.41, 5.74) is 7.99. The van der Waals surface area contributed by atoms with Crippen LogP contribution in [0, 0.1) is 0 Å². The summed E-state index contributed by atoms with van der Waals surface area (Å²) in [5, 5.41) is 7.90. The van der Waals surface area contributed by atoms with Gasteiger partial charge < -0.3 is 15.2 Å². The van der Waals surface area contributed by atoms with Gasteiger partial charge in [0.2, 0.25) is 0 Å². The zero-order chi connectivity index (χ0) is 14.2. The molecule has 0 fully saturated rings. The Bertz CT molecular complexity index is 501. The number of hydrogen-bond acceptors (Lipinski definition) is 5. The highest BCUT2D eigenvalue weighted by atomic mass is 16.5. The fraction of sp³-hybridized carbons (Fsp3) is 0.429. The van der Waals surface area contributed by atoms with E-state index in [2.05, 4.69) is 10.3 Å². The molecule has 0 radical (unpaired) electrons. The largest absolute Gasteiger partial charge is 0.383 e. The molecule has 1 heterocycles. The van der Waals surface area contributed by atoms with Crippen LogP contribution in [0.1, 0.15) is 17.3 Å². The van der Waals surface area contributed by atoms with Crippen molar-refractivity contribution in [3.63, 3.8) is 0 Å². The van der Waals surface area contributed by atoms with Gasteiger partial charge in [-0.1, -0.05) is 35.5 Å². The van der Waals surface area contributed by atoms with Crippen molar-refractivity contribution in [3.8, 4) is 0 Å². The Morgan fingerprint density at radius 3 is 2.85 bits per heavy atom. The van der Waals surface area contributed by atoms with E-state index in [0.717, 1.165) is 11.3 Å². The van der Waals surface area contributed by atoms with Crippen molar-refractivity contribution in [1.29, 1.82) is 0 Å². The summed E-state index contributed by atoms with van der Waals surface area (Å²) < 4.78 is 12.4. The van der Waals surface area contributed by atoms with Crippen LogP contribution in [0.3, 0.4) is 0 Å². The lowest BCUT2D eigenvalue weighted by Crippen LogP contribution is -2.21. The van der Waals surface area contributed by atoms with E-state index in [1.54, 1.807) is 18.0 Å². The third-order valence-corrected chi connectivity index (χ3v) is 2.93. The first-order valence-electron chi connectivity index (χ1n) is 6.56. The molecule has 0 saturated heterocycles. The van der Waals surface area contributed by atoms with Crippen molar-refractivity contribution in [2.45, 2.75) is 19.2 Å². The Balaban J connectivity index is 1.78. The number of aromatic nitrogens is 3. The first-order chi connectivity index (χ1) is 9.81. The predicted octanol–water partition coefficient (Wildman–Crippen LogP) is 1.14. The number of nitrogens with zero attached hydrogens (tertiary/aromatic N) is 3.